The molecule has 2 N–H and O–H groups in total. The third-order valence-corrected chi connectivity index (χ3v) is 2.78. The molecule has 0 radical (unpaired) electrons. The second kappa shape index (κ2) is 6.83. The summed E-state index contributed by atoms with van der Waals surface area (Å²) >= 11 is 0. The summed E-state index contributed by atoms with van der Waals surface area (Å²) < 4.78 is 4.81. The first-order valence-corrected chi connectivity index (χ1v) is 5.78. The third kappa shape index (κ3) is 4.92. The molecule has 1 aliphatic rings. The Labute approximate surface area is 96.8 Å². The monoisotopic (exact) mass is 230 g/mol. The van der Waals surface area contributed by atoms with E-state index in [1.54, 1.807) is 12.0 Å². The van der Waals surface area contributed by atoms with Gasteiger partial charge in [-0.15, -0.1) is 0 Å². The maximum absolute atomic E-state index is 11.6. The maximum Gasteiger partial charge on any atom is 0.236 e. The summed E-state index contributed by atoms with van der Waals surface area (Å²) in [4.78, 5) is 13.4. The Morgan fingerprint density at radius 1 is 1.62 bits per heavy atom. The minimum absolute atomic E-state index is 0.128. The standard InChI is InChI=1S/C11H22N2O3/c1-13(9-3-4-9)11(15)7-12-6-5-10(14)8-16-2/h9-10,12,14H,3-8H2,1-2H3. The molecule has 94 valence electrons. The van der Waals surface area contributed by atoms with Crippen molar-refractivity contribution in [1.29, 1.82) is 0 Å². The van der Waals surface area contributed by atoms with Gasteiger partial charge in [-0.05, 0) is 25.8 Å². The second-order valence-electron chi connectivity index (χ2n) is 4.31. The normalized spacial score (nSPS) is 17.2. The summed E-state index contributed by atoms with van der Waals surface area (Å²) in [7, 11) is 3.41. The van der Waals surface area contributed by atoms with Gasteiger partial charge in [0.15, 0.2) is 0 Å². The molecule has 1 aliphatic carbocycles. The van der Waals surface area contributed by atoms with Crippen LogP contribution in [-0.4, -0.2) is 61.9 Å². The lowest BCUT2D eigenvalue weighted by Crippen LogP contribution is -2.37. The van der Waals surface area contributed by atoms with E-state index in [4.69, 9.17) is 4.74 Å². The van der Waals surface area contributed by atoms with Crippen molar-refractivity contribution in [3.63, 3.8) is 0 Å². The number of carbonyl (C=O) groups is 1. The Hall–Kier alpha value is -0.650. The zero-order valence-electron chi connectivity index (χ0n) is 10.1. The molecule has 0 aromatic heterocycles. The van der Waals surface area contributed by atoms with Crippen molar-refractivity contribution < 1.29 is 14.6 Å². The molecule has 0 spiro atoms. The average molecular weight is 230 g/mol. The van der Waals surface area contributed by atoms with Gasteiger partial charge in [0.1, 0.15) is 0 Å². The Kier molecular flexibility index (Phi) is 5.73. The lowest BCUT2D eigenvalue weighted by atomic mass is 10.2. The molecule has 5 nitrogen and oxygen atoms in total. The first-order valence-electron chi connectivity index (χ1n) is 5.78. The number of nitrogens with zero attached hydrogens (tertiary/aromatic N) is 1. The van der Waals surface area contributed by atoms with E-state index in [1.165, 1.54) is 0 Å². The van der Waals surface area contributed by atoms with Crippen molar-refractivity contribution in [3.8, 4) is 0 Å². The van der Waals surface area contributed by atoms with Crippen LogP contribution < -0.4 is 5.32 Å². The molecule has 1 saturated carbocycles. The lowest BCUT2D eigenvalue weighted by molar-refractivity contribution is -0.129. The highest BCUT2D eigenvalue weighted by atomic mass is 16.5. The van der Waals surface area contributed by atoms with Crippen LogP contribution in [0, 0.1) is 0 Å². The van der Waals surface area contributed by atoms with Crippen molar-refractivity contribution in [2.75, 3.05) is 33.9 Å². The highest BCUT2D eigenvalue weighted by Crippen LogP contribution is 2.24. The van der Waals surface area contributed by atoms with Gasteiger partial charge >= 0.3 is 0 Å². The molecular weight excluding hydrogens is 208 g/mol. The number of likely N-dealkylation sites (N-methyl/N-ethyl adjacent to an activating group) is 1. The number of ether oxygens (including phenoxy) is 1. The Balaban J connectivity index is 1.99. The molecule has 1 unspecified atom stereocenters. The van der Waals surface area contributed by atoms with Gasteiger partial charge in [-0.25, -0.2) is 0 Å². The van der Waals surface area contributed by atoms with Gasteiger partial charge in [0.25, 0.3) is 0 Å². The minimum Gasteiger partial charge on any atom is -0.391 e. The lowest BCUT2D eigenvalue weighted by Gasteiger charge is -2.16. The Morgan fingerprint density at radius 2 is 2.31 bits per heavy atom. The first kappa shape index (κ1) is 13.4. The summed E-state index contributed by atoms with van der Waals surface area (Å²) in [6, 6.07) is 0.466. The molecule has 0 bridgehead atoms. The van der Waals surface area contributed by atoms with Crippen molar-refractivity contribution >= 4 is 5.91 Å². The van der Waals surface area contributed by atoms with Crippen LogP contribution in [0.15, 0.2) is 0 Å². The van der Waals surface area contributed by atoms with E-state index in [1.807, 2.05) is 7.05 Å². The molecule has 0 aromatic carbocycles. The van der Waals surface area contributed by atoms with Crippen molar-refractivity contribution in [3.05, 3.63) is 0 Å². The summed E-state index contributed by atoms with van der Waals surface area (Å²) in [6.45, 7) is 1.33. The fourth-order valence-electron chi connectivity index (χ4n) is 1.53. The third-order valence-electron chi connectivity index (χ3n) is 2.78. The molecule has 16 heavy (non-hydrogen) atoms. The number of rotatable bonds is 8. The van der Waals surface area contributed by atoms with Gasteiger partial charge < -0.3 is 20.1 Å². The van der Waals surface area contributed by atoms with Crippen molar-refractivity contribution in [1.82, 2.24) is 10.2 Å². The number of amides is 1. The second-order valence-corrected chi connectivity index (χ2v) is 4.31. The smallest absolute Gasteiger partial charge is 0.236 e. The minimum atomic E-state index is -0.450. The number of carbonyl (C=O) groups excluding carboxylic acids is 1. The van der Waals surface area contributed by atoms with Crippen LogP contribution >= 0.6 is 0 Å². The molecule has 1 atom stereocenters. The van der Waals surface area contributed by atoms with Crippen LogP contribution in [0.2, 0.25) is 0 Å². The summed E-state index contributed by atoms with van der Waals surface area (Å²) in [5.74, 6) is 0.128. The highest BCUT2D eigenvalue weighted by molar-refractivity contribution is 5.78. The highest BCUT2D eigenvalue weighted by Gasteiger charge is 2.28. The average Bonchev–Trinajstić information content (AvgIpc) is 3.07. The Bertz CT molecular complexity index is 219. The van der Waals surface area contributed by atoms with E-state index >= 15 is 0 Å². The molecule has 1 fully saturated rings. The zero-order chi connectivity index (χ0) is 12.0. The van der Waals surface area contributed by atoms with E-state index in [-0.39, 0.29) is 5.91 Å². The molecule has 0 heterocycles. The first-order chi connectivity index (χ1) is 7.65. The van der Waals surface area contributed by atoms with E-state index < -0.39 is 6.10 Å². The number of nitrogens with one attached hydrogen (secondary N) is 1. The van der Waals surface area contributed by atoms with E-state index in [0.717, 1.165) is 12.8 Å². The quantitative estimate of drug-likeness (QED) is 0.557. The number of aliphatic hydroxyl groups excluding tert-OH is 1. The van der Waals surface area contributed by atoms with E-state index in [2.05, 4.69) is 5.32 Å². The van der Waals surface area contributed by atoms with Crippen LogP contribution in [-0.2, 0) is 9.53 Å². The van der Waals surface area contributed by atoms with Gasteiger partial charge in [0, 0.05) is 20.2 Å². The van der Waals surface area contributed by atoms with Crippen molar-refractivity contribution in [2.24, 2.45) is 0 Å². The fraction of sp³-hybridized carbons (Fsp3) is 0.909. The fourth-order valence-corrected chi connectivity index (χ4v) is 1.53. The van der Waals surface area contributed by atoms with Gasteiger partial charge in [-0.3, -0.25) is 4.79 Å². The molecule has 0 aliphatic heterocycles. The van der Waals surface area contributed by atoms with Crippen LogP contribution in [0.1, 0.15) is 19.3 Å². The van der Waals surface area contributed by atoms with Crippen LogP contribution in [0.4, 0.5) is 0 Å². The predicted molar refractivity (Wildman–Crippen MR) is 61.2 cm³/mol. The number of hydrogen-bond donors (Lipinski definition) is 2. The molecule has 0 aromatic rings. The topological polar surface area (TPSA) is 61.8 Å². The van der Waals surface area contributed by atoms with Crippen LogP contribution in [0.5, 0.6) is 0 Å². The van der Waals surface area contributed by atoms with E-state index in [9.17, 15) is 9.90 Å². The van der Waals surface area contributed by atoms with Crippen LogP contribution in [0.25, 0.3) is 0 Å². The Morgan fingerprint density at radius 3 is 2.88 bits per heavy atom. The summed E-state index contributed by atoms with van der Waals surface area (Å²) in [5, 5.41) is 12.4. The largest absolute Gasteiger partial charge is 0.391 e. The van der Waals surface area contributed by atoms with Gasteiger partial charge in [0.05, 0.1) is 19.3 Å². The van der Waals surface area contributed by atoms with Crippen LogP contribution in [0.3, 0.4) is 0 Å². The zero-order valence-corrected chi connectivity index (χ0v) is 10.1. The molecular formula is C11H22N2O3. The summed E-state index contributed by atoms with van der Waals surface area (Å²) in [6.07, 6.45) is 2.42. The predicted octanol–water partition coefficient (Wildman–Crippen LogP) is -0.406. The number of aliphatic hydroxyl groups is 1. The molecule has 5 heteroatoms. The molecule has 1 amide bonds. The molecule has 0 saturated heterocycles. The number of hydrogen-bond acceptors (Lipinski definition) is 4. The maximum atomic E-state index is 11.6. The van der Waals surface area contributed by atoms with Crippen molar-refractivity contribution in [2.45, 2.75) is 31.4 Å². The molecule has 1 rings (SSSR count). The van der Waals surface area contributed by atoms with Gasteiger partial charge in [-0.2, -0.15) is 0 Å². The van der Waals surface area contributed by atoms with Gasteiger partial charge in [0.2, 0.25) is 5.91 Å². The SMILES string of the molecule is COCC(O)CCNCC(=O)N(C)C1CC1. The van der Waals surface area contributed by atoms with Gasteiger partial charge in [-0.1, -0.05) is 0 Å². The van der Waals surface area contributed by atoms with E-state index in [0.29, 0.717) is 32.2 Å². The number of methoxy groups -OCH3 is 1. The summed E-state index contributed by atoms with van der Waals surface area (Å²) in [5.41, 5.74) is 0.